The van der Waals surface area contributed by atoms with Crippen molar-refractivity contribution >= 4 is 11.3 Å². The van der Waals surface area contributed by atoms with E-state index in [1.165, 1.54) is 9.75 Å². The molecule has 3 N–H and O–H groups in total. The van der Waals surface area contributed by atoms with Gasteiger partial charge in [-0.05, 0) is 48.7 Å². The van der Waals surface area contributed by atoms with Gasteiger partial charge in [-0.15, -0.1) is 11.3 Å². The number of phenolic OH excluding ortho intramolecular Hbond substituents is 2. The van der Waals surface area contributed by atoms with Crippen molar-refractivity contribution in [1.82, 2.24) is 5.32 Å². The second-order valence-corrected chi connectivity index (χ2v) is 5.94. The van der Waals surface area contributed by atoms with Gasteiger partial charge in [-0.1, -0.05) is 0 Å². The highest BCUT2D eigenvalue weighted by Crippen LogP contribution is 2.37. The number of aryl methyl sites for hydroxylation is 1. The van der Waals surface area contributed by atoms with Crippen LogP contribution >= 0.6 is 11.3 Å². The first-order valence-electron chi connectivity index (χ1n) is 5.99. The smallest absolute Gasteiger partial charge is 0.157 e. The van der Waals surface area contributed by atoms with E-state index in [2.05, 4.69) is 24.4 Å². The van der Waals surface area contributed by atoms with Crippen molar-refractivity contribution in [3.8, 4) is 11.5 Å². The number of fused-ring (bicyclic) bond motifs is 1. The van der Waals surface area contributed by atoms with Gasteiger partial charge in [0.25, 0.3) is 0 Å². The molecule has 1 aromatic carbocycles. The van der Waals surface area contributed by atoms with E-state index >= 15 is 0 Å². The predicted octanol–water partition coefficient (Wildman–Crippen LogP) is 2.70. The fraction of sp³-hybridized carbons (Fsp3) is 0.286. The summed E-state index contributed by atoms with van der Waals surface area (Å²) in [6.45, 7) is 2.98. The van der Waals surface area contributed by atoms with Crippen LogP contribution in [-0.4, -0.2) is 16.8 Å². The van der Waals surface area contributed by atoms with Gasteiger partial charge in [-0.25, -0.2) is 0 Å². The third-order valence-electron chi connectivity index (χ3n) is 3.34. The lowest BCUT2D eigenvalue weighted by atomic mass is 9.93. The maximum absolute atomic E-state index is 9.67. The largest absolute Gasteiger partial charge is 0.504 e. The van der Waals surface area contributed by atoms with E-state index < -0.39 is 0 Å². The molecule has 0 spiro atoms. The second-order valence-electron chi connectivity index (χ2n) is 4.63. The molecule has 3 nitrogen and oxygen atoms in total. The van der Waals surface area contributed by atoms with Gasteiger partial charge in [-0.2, -0.15) is 0 Å². The summed E-state index contributed by atoms with van der Waals surface area (Å²) in [4.78, 5) is 2.53. The summed E-state index contributed by atoms with van der Waals surface area (Å²) in [5.41, 5.74) is 2.18. The molecule has 0 bridgehead atoms. The Hall–Kier alpha value is -1.52. The normalized spacial score (nSPS) is 18.6. The van der Waals surface area contributed by atoms with E-state index in [4.69, 9.17) is 0 Å². The number of nitrogens with one attached hydrogen (secondary N) is 1. The number of hydrogen-bond acceptors (Lipinski definition) is 4. The van der Waals surface area contributed by atoms with Crippen LogP contribution in [0.4, 0.5) is 0 Å². The van der Waals surface area contributed by atoms with Gasteiger partial charge in [0.1, 0.15) is 0 Å². The summed E-state index contributed by atoms with van der Waals surface area (Å²) < 4.78 is 0. The average Bonchev–Trinajstić information content (AvgIpc) is 2.77. The molecule has 1 aliphatic rings. The molecule has 94 valence electrons. The van der Waals surface area contributed by atoms with Gasteiger partial charge in [0, 0.05) is 16.3 Å². The minimum Gasteiger partial charge on any atom is -0.504 e. The van der Waals surface area contributed by atoms with Crippen LogP contribution in [0.5, 0.6) is 11.5 Å². The maximum atomic E-state index is 9.67. The van der Waals surface area contributed by atoms with Gasteiger partial charge >= 0.3 is 0 Å². The van der Waals surface area contributed by atoms with Crippen molar-refractivity contribution in [2.75, 3.05) is 6.54 Å². The van der Waals surface area contributed by atoms with Crippen molar-refractivity contribution in [2.45, 2.75) is 19.4 Å². The Bertz CT molecular complexity index is 591. The minimum atomic E-state index is -0.0456. The van der Waals surface area contributed by atoms with E-state index in [0.717, 1.165) is 24.1 Å². The van der Waals surface area contributed by atoms with Gasteiger partial charge in [0.2, 0.25) is 0 Å². The molecule has 2 heterocycles. The molecular weight excluding hydrogens is 246 g/mol. The number of aromatic hydroxyl groups is 2. The summed E-state index contributed by atoms with van der Waals surface area (Å²) in [5.74, 6) is -0.0764. The zero-order valence-corrected chi connectivity index (χ0v) is 10.9. The molecule has 1 atom stereocenters. The summed E-state index contributed by atoms with van der Waals surface area (Å²) in [6, 6.07) is 7.71. The summed E-state index contributed by atoms with van der Waals surface area (Å²) in [5, 5.41) is 22.7. The van der Waals surface area contributed by atoms with Crippen LogP contribution in [0.1, 0.15) is 26.9 Å². The van der Waals surface area contributed by atoms with E-state index in [1.54, 1.807) is 23.5 Å². The van der Waals surface area contributed by atoms with E-state index in [0.29, 0.717) is 0 Å². The minimum absolute atomic E-state index is 0.0308. The van der Waals surface area contributed by atoms with Crippen molar-refractivity contribution in [2.24, 2.45) is 0 Å². The molecule has 2 aromatic rings. The van der Waals surface area contributed by atoms with Crippen LogP contribution in [0.25, 0.3) is 0 Å². The standard InChI is InChI=1S/C14H15NO2S/c1-8-2-3-13(18-8)14-10-7-12(17)11(16)6-9(10)4-5-15-14/h2-3,6-7,14-17H,4-5H2,1H3. The molecule has 0 radical (unpaired) electrons. The molecule has 0 amide bonds. The lowest BCUT2D eigenvalue weighted by Crippen LogP contribution is -2.29. The monoisotopic (exact) mass is 261 g/mol. The average molecular weight is 261 g/mol. The Morgan fingerprint density at radius 3 is 2.72 bits per heavy atom. The highest BCUT2D eigenvalue weighted by atomic mass is 32.1. The zero-order chi connectivity index (χ0) is 12.7. The number of benzene rings is 1. The molecule has 4 heteroatoms. The molecule has 0 saturated heterocycles. The zero-order valence-electron chi connectivity index (χ0n) is 10.1. The first-order valence-corrected chi connectivity index (χ1v) is 6.81. The molecule has 0 saturated carbocycles. The van der Waals surface area contributed by atoms with Gasteiger partial charge in [-0.3, -0.25) is 0 Å². The molecule has 1 aromatic heterocycles. The first kappa shape index (κ1) is 11.6. The first-order chi connectivity index (χ1) is 8.65. The van der Waals surface area contributed by atoms with Crippen molar-refractivity contribution in [3.63, 3.8) is 0 Å². The third-order valence-corrected chi connectivity index (χ3v) is 4.40. The fourth-order valence-electron chi connectivity index (χ4n) is 2.45. The SMILES string of the molecule is Cc1ccc(C2NCCc3cc(O)c(O)cc32)s1. The third kappa shape index (κ3) is 1.87. The predicted molar refractivity (Wildman–Crippen MR) is 72.4 cm³/mol. The van der Waals surface area contributed by atoms with Crippen LogP contribution in [-0.2, 0) is 6.42 Å². The molecule has 3 rings (SSSR count). The molecule has 0 fully saturated rings. The number of phenols is 2. The van der Waals surface area contributed by atoms with Gasteiger partial charge in [0.05, 0.1) is 6.04 Å². The number of thiophene rings is 1. The highest BCUT2D eigenvalue weighted by Gasteiger charge is 2.24. The molecule has 0 aliphatic carbocycles. The van der Waals surface area contributed by atoms with Gasteiger partial charge < -0.3 is 15.5 Å². The van der Waals surface area contributed by atoms with Crippen LogP contribution in [0, 0.1) is 6.92 Å². The van der Waals surface area contributed by atoms with Gasteiger partial charge in [0.15, 0.2) is 11.5 Å². The Morgan fingerprint density at radius 1 is 1.22 bits per heavy atom. The maximum Gasteiger partial charge on any atom is 0.157 e. The number of rotatable bonds is 1. The molecule has 1 aliphatic heterocycles. The van der Waals surface area contributed by atoms with Crippen LogP contribution in [0.15, 0.2) is 24.3 Å². The lowest BCUT2D eigenvalue weighted by molar-refractivity contribution is 0.400. The second kappa shape index (κ2) is 4.30. The number of hydrogen-bond donors (Lipinski definition) is 3. The van der Waals surface area contributed by atoms with Crippen LogP contribution in [0.3, 0.4) is 0 Å². The van der Waals surface area contributed by atoms with E-state index in [1.807, 2.05) is 0 Å². The van der Waals surface area contributed by atoms with E-state index in [-0.39, 0.29) is 17.5 Å². The Labute approximate surface area is 110 Å². The van der Waals surface area contributed by atoms with Crippen molar-refractivity contribution in [1.29, 1.82) is 0 Å². The quantitative estimate of drug-likeness (QED) is 0.692. The lowest BCUT2D eigenvalue weighted by Gasteiger charge is -2.26. The fourth-order valence-corrected chi connectivity index (χ4v) is 3.42. The van der Waals surface area contributed by atoms with Crippen molar-refractivity contribution in [3.05, 3.63) is 45.1 Å². The summed E-state index contributed by atoms with van der Waals surface area (Å²) >= 11 is 1.76. The Balaban J connectivity index is 2.09. The molecule has 1 unspecified atom stereocenters. The summed E-state index contributed by atoms with van der Waals surface area (Å²) in [7, 11) is 0. The Kier molecular flexibility index (Phi) is 2.76. The molecular formula is C14H15NO2S. The van der Waals surface area contributed by atoms with Crippen LogP contribution in [0.2, 0.25) is 0 Å². The van der Waals surface area contributed by atoms with Crippen LogP contribution < -0.4 is 5.32 Å². The van der Waals surface area contributed by atoms with Crippen molar-refractivity contribution < 1.29 is 10.2 Å². The highest BCUT2D eigenvalue weighted by molar-refractivity contribution is 7.12. The Morgan fingerprint density at radius 2 is 2.00 bits per heavy atom. The summed E-state index contributed by atoms with van der Waals surface area (Å²) in [6.07, 6.45) is 0.879. The topological polar surface area (TPSA) is 52.5 Å². The molecule has 18 heavy (non-hydrogen) atoms. The van der Waals surface area contributed by atoms with E-state index in [9.17, 15) is 10.2 Å².